The number of methoxy groups -OCH3 is 1. The number of hydrogen-bond donors (Lipinski definition) is 1. The van der Waals surface area contributed by atoms with Crippen LogP contribution in [-0.2, 0) is 20.9 Å². The Balaban J connectivity index is 1.40. The van der Waals surface area contributed by atoms with Crippen molar-refractivity contribution >= 4 is 69.8 Å². The van der Waals surface area contributed by atoms with Crippen molar-refractivity contribution in [2.24, 2.45) is 0 Å². The summed E-state index contributed by atoms with van der Waals surface area (Å²) in [7, 11) is 1.49. The maximum absolute atomic E-state index is 13.0. The first-order valence-corrected chi connectivity index (χ1v) is 14.8. The number of hydrogen-bond acceptors (Lipinski definition) is 8. The predicted octanol–water partition coefficient (Wildman–Crippen LogP) is 7.21. The minimum atomic E-state index is -0.627. The standard InChI is InChI=1S/C31H28Cl2N2O7S/c1-3-4-13-41-30(38)22-16-21(10-11-24(22)33)34-28(36)17-35-29(37)27(43-31(35)39)15-19-9-12-25(26(14-19)40-2)42-18-20-7-5-6-8-23(20)32/h5-12,14-16H,3-4,13,17-18H2,1-2H3,(H,34,36)/b27-15+. The molecule has 4 rings (SSSR count). The van der Waals surface area contributed by atoms with Crippen LogP contribution in [0.15, 0.2) is 65.6 Å². The van der Waals surface area contributed by atoms with Crippen molar-refractivity contribution in [1.82, 2.24) is 4.90 Å². The number of carbonyl (C=O) groups is 4. The van der Waals surface area contributed by atoms with Crippen LogP contribution >= 0.6 is 35.0 Å². The van der Waals surface area contributed by atoms with Crippen LogP contribution in [0.25, 0.3) is 6.08 Å². The van der Waals surface area contributed by atoms with Crippen molar-refractivity contribution in [3.05, 3.63) is 92.3 Å². The molecule has 12 heteroatoms. The first-order valence-electron chi connectivity index (χ1n) is 13.3. The fraction of sp³-hybridized carbons (Fsp3) is 0.226. The quantitative estimate of drug-likeness (QED) is 0.125. The van der Waals surface area contributed by atoms with Gasteiger partial charge in [0.1, 0.15) is 13.2 Å². The molecule has 3 aromatic rings. The number of benzene rings is 3. The molecule has 0 aromatic heterocycles. The van der Waals surface area contributed by atoms with Gasteiger partial charge in [-0.2, -0.15) is 0 Å². The molecule has 0 aliphatic carbocycles. The maximum Gasteiger partial charge on any atom is 0.339 e. The first-order chi connectivity index (χ1) is 20.7. The highest BCUT2D eigenvalue weighted by atomic mass is 35.5. The third-order valence-corrected chi connectivity index (χ3v) is 7.81. The lowest BCUT2D eigenvalue weighted by Crippen LogP contribution is -2.36. The van der Waals surface area contributed by atoms with E-state index in [1.54, 1.807) is 30.3 Å². The Labute approximate surface area is 263 Å². The second-order valence-corrected chi connectivity index (χ2v) is 11.1. The molecule has 0 atom stereocenters. The third-order valence-electron chi connectivity index (χ3n) is 6.20. The van der Waals surface area contributed by atoms with Crippen molar-refractivity contribution in [3.8, 4) is 11.5 Å². The lowest BCUT2D eigenvalue weighted by Gasteiger charge is -2.13. The van der Waals surface area contributed by atoms with Crippen molar-refractivity contribution in [3.63, 3.8) is 0 Å². The molecule has 3 amide bonds. The Morgan fingerprint density at radius 1 is 1.00 bits per heavy atom. The Morgan fingerprint density at radius 2 is 1.79 bits per heavy atom. The summed E-state index contributed by atoms with van der Waals surface area (Å²) in [6.07, 6.45) is 3.11. The Morgan fingerprint density at radius 3 is 2.53 bits per heavy atom. The second-order valence-electron chi connectivity index (χ2n) is 9.29. The molecule has 1 fully saturated rings. The number of halogens is 2. The largest absolute Gasteiger partial charge is 0.493 e. The van der Waals surface area contributed by atoms with Crippen LogP contribution in [0.1, 0.15) is 41.3 Å². The van der Waals surface area contributed by atoms with E-state index in [0.717, 1.165) is 28.6 Å². The Kier molecular flexibility index (Phi) is 11.1. The molecule has 1 aliphatic heterocycles. The van der Waals surface area contributed by atoms with Crippen molar-refractivity contribution < 1.29 is 33.4 Å². The van der Waals surface area contributed by atoms with Gasteiger partial charge in [-0.3, -0.25) is 19.3 Å². The van der Waals surface area contributed by atoms with Crippen LogP contribution in [0.3, 0.4) is 0 Å². The molecule has 43 heavy (non-hydrogen) atoms. The lowest BCUT2D eigenvalue weighted by molar-refractivity contribution is -0.127. The van der Waals surface area contributed by atoms with E-state index in [-0.39, 0.29) is 34.4 Å². The molecular formula is C31H28Cl2N2O7S. The predicted molar refractivity (Wildman–Crippen MR) is 167 cm³/mol. The molecule has 1 aliphatic rings. The SMILES string of the molecule is CCCCOC(=O)c1cc(NC(=O)CN2C(=O)S/C(=C/c3ccc(OCc4ccccc4Cl)c(OC)c3)C2=O)ccc1Cl. The van der Waals surface area contributed by atoms with Gasteiger partial charge in [-0.1, -0.05) is 60.8 Å². The zero-order valence-electron chi connectivity index (χ0n) is 23.4. The fourth-order valence-corrected chi connectivity index (χ4v) is 5.17. The number of nitrogens with zero attached hydrogens (tertiary/aromatic N) is 1. The minimum absolute atomic E-state index is 0.0976. The summed E-state index contributed by atoms with van der Waals surface area (Å²) in [6.45, 7) is 1.94. The molecule has 3 aromatic carbocycles. The van der Waals surface area contributed by atoms with E-state index < -0.39 is 29.6 Å². The van der Waals surface area contributed by atoms with Crippen LogP contribution in [0.2, 0.25) is 10.0 Å². The van der Waals surface area contributed by atoms with Gasteiger partial charge in [0.05, 0.1) is 29.2 Å². The highest BCUT2D eigenvalue weighted by molar-refractivity contribution is 8.18. The third kappa shape index (κ3) is 8.31. The van der Waals surface area contributed by atoms with Gasteiger partial charge in [0.2, 0.25) is 5.91 Å². The van der Waals surface area contributed by atoms with E-state index >= 15 is 0 Å². The summed E-state index contributed by atoms with van der Waals surface area (Å²) in [5.74, 6) is -0.945. The van der Waals surface area contributed by atoms with E-state index in [2.05, 4.69) is 5.32 Å². The molecule has 0 unspecified atom stereocenters. The number of anilines is 1. The highest BCUT2D eigenvalue weighted by Crippen LogP contribution is 2.35. The second kappa shape index (κ2) is 15.0. The number of nitrogens with one attached hydrogen (secondary N) is 1. The Hall–Kier alpha value is -3.99. The summed E-state index contributed by atoms with van der Waals surface area (Å²) >= 11 is 13.1. The van der Waals surface area contributed by atoms with Gasteiger partial charge >= 0.3 is 5.97 Å². The zero-order valence-corrected chi connectivity index (χ0v) is 25.7. The number of unbranched alkanes of at least 4 members (excludes halogenated alkanes) is 1. The average Bonchev–Trinajstić information content (AvgIpc) is 3.25. The molecule has 0 bridgehead atoms. The molecule has 0 spiro atoms. The van der Waals surface area contributed by atoms with Gasteiger partial charge < -0.3 is 19.5 Å². The summed E-state index contributed by atoms with van der Waals surface area (Å²) in [4.78, 5) is 51.7. The van der Waals surface area contributed by atoms with Gasteiger partial charge in [-0.05, 0) is 66.2 Å². The van der Waals surface area contributed by atoms with Gasteiger partial charge in [0.15, 0.2) is 11.5 Å². The topological polar surface area (TPSA) is 111 Å². The number of esters is 1. The summed E-state index contributed by atoms with van der Waals surface area (Å²) in [5.41, 5.74) is 1.77. The molecule has 224 valence electrons. The van der Waals surface area contributed by atoms with Crippen LogP contribution in [0, 0.1) is 0 Å². The van der Waals surface area contributed by atoms with E-state index in [1.165, 1.54) is 25.3 Å². The number of ether oxygens (including phenoxy) is 3. The monoisotopic (exact) mass is 642 g/mol. The number of rotatable bonds is 12. The molecule has 1 heterocycles. The Bertz CT molecular complexity index is 1580. The lowest BCUT2D eigenvalue weighted by atomic mass is 10.1. The molecule has 1 N–H and O–H groups in total. The number of carbonyl (C=O) groups excluding carboxylic acids is 4. The van der Waals surface area contributed by atoms with Crippen molar-refractivity contribution in [2.45, 2.75) is 26.4 Å². The van der Waals surface area contributed by atoms with E-state index in [0.29, 0.717) is 28.5 Å². The van der Waals surface area contributed by atoms with Gasteiger partial charge in [0, 0.05) is 16.3 Å². The van der Waals surface area contributed by atoms with Gasteiger partial charge in [-0.25, -0.2) is 4.79 Å². The molecule has 0 radical (unpaired) electrons. The molecule has 0 saturated carbocycles. The summed E-state index contributed by atoms with van der Waals surface area (Å²) < 4.78 is 16.5. The summed E-state index contributed by atoms with van der Waals surface area (Å²) in [5, 5.41) is 2.76. The normalized spacial score (nSPS) is 13.8. The van der Waals surface area contributed by atoms with E-state index in [1.807, 2.05) is 25.1 Å². The average molecular weight is 644 g/mol. The molecule has 9 nitrogen and oxygen atoms in total. The minimum Gasteiger partial charge on any atom is -0.493 e. The van der Waals surface area contributed by atoms with Crippen LogP contribution in [-0.4, -0.2) is 48.2 Å². The van der Waals surface area contributed by atoms with Crippen LogP contribution in [0.5, 0.6) is 11.5 Å². The molecular weight excluding hydrogens is 615 g/mol. The number of amides is 3. The smallest absolute Gasteiger partial charge is 0.339 e. The van der Waals surface area contributed by atoms with Gasteiger partial charge in [0.25, 0.3) is 11.1 Å². The maximum atomic E-state index is 13.0. The highest BCUT2D eigenvalue weighted by Gasteiger charge is 2.36. The zero-order chi connectivity index (χ0) is 30.9. The molecule has 1 saturated heterocycles. The van der Waals surface area contributed by atoms with Crippen molar-refractivity contribution in [2.75, 3.05) is 25.6 Å². The van der Waals surface area contributed by atoms with Crippen LogP contribution < -0.4 is 14.8 Å². The summed E-state index contributed by atoms with van der Waals surface area (Å²) in [6, 6.07) is 16.8. The first kappa shape index (κ1) is 31.9. The number of thioether (sulfide) groups is 1. The van der Waals surface area contributed by atoms with E-state index in [9.17, 15) is 19.2 Å². The van der Waals surface area contributed by atoms with Gasteiger partial charge in [-0.15, -0.1) is 0 Å². The van der Waals surface area contributed by atoms with Crippen LogP contribution in [0.4, 0.5) is 10.5 Å². The number of imide groups is 1. The fourth-order valence-electron chi connectivity index (χ4n) is 3.94. The van der Waals surface area contributed by atoms with Crippen molar-refractivity contribution in [1.29, 1.82) is 0 Å². The van der Waals surface area contributed by atoms with E-state index in [4.69, 9.17) is 37.4 Å².